The molecule has 268 valence electrons. The number of carbonyl (C=O) groups excluding carboxylic acids is 1. The van der Waals surface area contributed by atoms with Gasteiger partial charge in [0.1, 0.15) is 0 Å². The molecule has 49 heavy (non-hydrogen) atoms. The second-order valence-electron chi connectivity index (χ2n) is 15.0. The molecule has 2 bridgehead atoms. The maximum Gasteiger partial charge on any atom is 0.186 e. The third-order valence-electron chi connectivity index (χ3n) is 11.4. The summed E-state index contributed by atoms with van der Waals surface area (Å²) in [5.74, 6) is 7.42. The van der Waals surface area contributed by atoms with Crippen LogP contribution in [0.4, 0.5) is 0 Å². The fourth-order valence-corrected chi connectivity index (χ4v) is 9.07. The number of ketones is 1. The molecular weight excluding hydrogens is 618 g/mol. The van der Waals surface area contributed by atoms with Crippen LogP contribution in [0.3, 0.4) is 0 Å². The van der Waals surface area contributed by atoms with Gasteiger partial charge in [0.15, 0.2) is 23.2 Å². The summed E-state index contributed by atoms with van der Waals surface area (Å²) in [5.41, 5.74) is 15.5. The summed E-state index contributed by atoms with van der Waals surface area (Å²) in [6, 6.07) is 1.54. The molecule has 0 aliphatic heterocycles. The number of aryl methyl sites for hydroxylation is 1. The number of aromatic hydroxyl groups is 1. The molecule has 0 aromatic heterocycles. The van der Waals surface area contributed by atoms with Crippen LogP contribution >= 0.6 is 0 Å². The van der Waals surface area contributed by atoms with Crippen molar-refractivity contribution in [3.05, 3.63) is 46.1 Å². The molecule has 0 spiro atoms. The number of fused-ring (bicyclic) bond motifs is 6. The fourth-order valence-electron chi connectivity index (χ4n) is 9.07. The molecule has 6 atom stereocenters. The van der Waals surface area contributed by atoms with Crippen molar-refractivity contribution in [2.24, 2.45) is 39.6 Å². The lowest BCUT2D eigenvalue weighted by Gasteiger charge is -2.52. The van der Waals surface area contributed by atoms with Crippen molar-refractivity contribution in [1.82, 2.24) is 0 Å². The molecule has 4 aliphatic rings. The lowest BCUT2D eigenvalue weighted by molar-refractivity contribution is -0.114. The van der Waals surface area contributed by atoms with Crippen LogP contribution in [-0.2, 0) is 16.0 Å². The molecule has 1 aromatic carbocycles. The van der Waals surface area contributed by atoms with E-state index >= 15 is 0 Å². The van der Waals surface area contributed by atoms with Gasteiger partial charge >= 0.3 is 0 Å². The van der Waals surface area contributed by atoms with Crippen molar-refractivity contribution in [1.29, 1.82) is 0 Å². The summed E-state index contributed by atoms with van der Waals surface area (Å²) >= 11 is 0. The van der Waals surface area contributed by atoms with Crippen LogP contribution in [0.15, 0.2) is 34.4 Å². The molecule has 0 amide bonds. The van der Waals surface area contributed by atoms with E-state index in [1.54, 1.807) is 13.2 Å². The third-order valence-corrected chi connectivity index (χ3v) is 11.4. The van der Waals surface area contributed by atoms with Gasteiger partial charge in [0.25, 0.3) is 0 Å². The second-order valence-corrected chi connectivity index (χ2v) is 15.0. The van der Waals surface area contributed by atoms with E-state index in [2.05, 4.69) is 29.8 Å². The van der Waals surface area contributed by atoms with E-state index in [9.17, 15) is 20.1 Å². The minimum Gasteiger partial charge on any atom is -0.504 e. The molecule has 0 radical (unpaired) electrons. The predicted molar refractivity (Wildman–Crippen MR) is 192 cm³/mol. The van der Waals surface area contributed by atoms with Crippen molar-refractivity contribution in [3.63, 3.8) is 0 Å². The molecule has 0 saturated heterocycles. The quantitative estimate of drug-likeness (QED) is 0.0609. The highest BCUT2D eigenvalue weighted by Crippen LogP contribution is 2.60. The van der Waals surface area contributed by atoms with Crippen LogP contribution in [0.5, 0.6) is 11.5 Å². The Morgan fingerprint density at radius 2 is 1.96 bits per heavy atom. The summed E-state index contributed by atoms with van der Waals surface area (Å²) in [6.45, 7) is 4.40. The van der Waals surface area contributed by atoms with E-state index in [1.165, 1.54) is 5.57 Å². The second kappa shape index (κ2) is 16.6. The van der Waals surface area contributed by atoms with Gasteiger partial charge in [-0.1, -0.05) is 43.8 Å². The largest absolute Gasteiger partial charge is 0.504 e. The highest BCUT2D eigenvalue weighted by molar-refractivity contribution is 5.90. The molecular formula is C40H57N3O6. The van der Waals surface area contributed by atoms with Gasteiger partial charge in [-0.25, -0.2) is 4.99 Å². The molecule has 2 saturated carbocycles. The van der Waals surface area contributed by atoms with Crippen molar-refractivity contribution < 1.29 is 29.6 Å². The Kier molecular flexibility index (Phi) is 12.5. The first-order valence-corrected chi connectivity index (χ1v) is 18.4. The van der Waals surface area contributed by atoms with E-state index in [-0.39, 0.29) is 67.0 Å². The molecule has 1 aromatic rings. The van der Waals surface area contributed by atoms with E-state index in [1.807, 2.05) is 13.0 Å². The Morgan fingerprint density at radius 1 is 1.18 bits per heavy atom. The number of phenolic OH excluding ortho intramolecular Hbond substituents is 1. The van der Waals surface area contributed by atoms with Gasteiger partial charge in [0.05, 0.1) is 32.0 Å². The van der Waals surface area contributed by atoms with E-state index in [4.69, 9.17) is 20.9 Å². The first kappa shape index (κ1) is 36.9. The average Bonchev–Trinajstić information content (AvgIpc) is 3.58. The van der Waals surface area contributed by atoms with Crippen molar-refractivity contribution >= 4 is 11.7 Å². The zero-order chi connectivity index (χ0) is 35.1. The number of nitrogens with two attached hydrogens (primary N) is 2. The lowest BCUT2D eigenvalue weighted by Crippen LogP contribution is -2.48. The molecule has 9 nitrogen and oxygen atoms in total. The number of phenols is 1. The van der Waals surface area contributed by atoms with Crippen LogP contribution in [0, 0.1) is 35.0 Å². The zero-order valence-electron chi connectivity index (χ0n) is 29.7. The predicted octanol–water partition coefficient (Wildman–Crippen LogP) is 5.42. The number of carbonyl (C=O) groups is 1. The fraction of sp³-hybridized carbons (Fsp3) is 0.650. The monoisotopic (exact) mass is 675 g/mol. The van der Waals surface area contributed by atoms with Crippen molar-refractivity contribution in [3.8, 4) is 23.3 Å². The number of allylic oxidation sites excluding steroid dienone is 2. The van der Waals surface area contributed by atoms with Gasteiger partial charge in [-0.3, -0.25) is 4.79 Å². The van der Waals surface area contributed by atoms with Crippen molar-refractivity contribution in [2.45, 2.75) is 115 Å². The van der Waals surface area contributed by atoms with Crippen LogP contribution in [0.2, 0.25) is 0 Å². The van der Waals surface area contributed by atoms with E-state index in [0.29, 0.717) is 49.5 Å². The number of hydrogen-bond donors (Lipinski definition) is 5. The summed E-state index contributed by atoms with van der Waals surface area (Å²) in [7, 11) is 1.69. The number of aliphatic imine (C=N–C) groups is 1. The molecule has 2 fully saturated rings. The number of rotatable bonds is 13. The summed E-state index contributed by atoms with van der Waals surface area (Å²) in [4.78, 5) is 17.8. The number of hydrogen-bond acceptors (Lipinski definition) is 7. The van der Waals surface area contributed by atoms with E-state index in [0.717, 1.165) is 68.1 Å². The molecule has 9 heteroatoms. The van der Waals surface area contributed by atoms with Crippen LogP contribution in [0.25, 0.3) is 0 Å². The van der Waals surface area contributed by atoms with Crippen LogP contribution < -0.4 is 16.2 Å². The minimum atomic E-state index is -0.720. The van der Waals surface area contributed by atoms with Gasteiger partial charge in [-0.15, -0.1) is 0 Å². The third kappa shape index (κ3) is 8.36. The summed E-state index contributed by atoms with van der Waals surface area (Å²) in [5, 5.41) is 33.6. The Balaban J connectivity index is 1.75. The Labute approximate surface area is 292 Å². The highest BCUT2D eigenvalue weighted by Gasteiger charge is 2.52. The van der Waals surface area contributed by atoms with Gasteiger partial charge < -0.3 is 36.3 Å². The van der Waals surface area contributed by atoms with Gasteiger partial charge in [-0.05, 0) is 99.3 Å². The molecule has 7 N–H and O–H groups in total. The minimum absolute atomic E-state index is 0.0105. The lowest BCUT2D eigenvalue weighted by atomic mass is 9.53. The number of benzene rings is 1. The van der Waals surface area contributed by atoms with Crippen molar-refractivity contribution in [2.75, 3.05) is 26.9 Å². The van der Waals surface area contributed by atoms with Crippen LogP contribution in [-0.4, -0.2) is 66.1 Å². The zero-order valence-corrected chi connectivity index (χ0v) is 29.7. The SMILES string of the molecule is CCCC(=CC(=O)CCc1cc(OC2CCCC2)c(O)c2c1C#CCC(N=C(N)N)CC1(CO)C=C3CCC(C)CC3C2C1COC)CO. The Morgan fingerprint density at radius 3 is 2.63 bits per heavy atom. The first-order valence-electron chi connectivity index (χ1n) is 18.4. The summed E-state index contributed by atoms with van der Waals surface area (Å²) in [6.07, 6.45) is 13.8. The topological polar surface area (TPSA) is 161 Å². The van der Waals surface area contributed by atoms with E-state index < -0.39 is 5.41 Å². The normalized spacial score (nSPS) is 28.4. The maximum absolute atomic E-state index is 13.2. The first-order chi connectivity index (χ1) is 23.6. The standard InChI is InChI=1S/C40H57N3O6/c1-4-8-26(22-44)18-30(46)16-15-27-19-35(49-31-10-5-6-11-31)38(47)37-32(27)12-7-9-29(43-39(41)42)21-40(24-45)20-28-14-13-25(2)17-33(28)36(37)34(40)23-48-3/h18-20,25,29,31,33-34,36,44-45,47H,4-6,8-11,13-17,21-24H2,1-3H3,(H4,41,42,43). The average molecular weight is 676 g/mol. The van der Waals surface area contributed by atoms with Gasteiger partial charge in [0, 0.05) is 48.3 Å². The molecule has 4 aliphatic carbocycles. The Bertz CT molecular complexity index is 1500. The molecule has 0 heterocycles. The summed E-state index contributed by atoms with van der Waals surface area (Å²) < 4.78 is 12.6. The molecule has 5 rings (SSSR count). The number of aliphatic hydroxyl groups is 2. The number of guanidine groups is 1. The molecule has 6 unspecified atom stereocenters. The highest BCUT2D eigenvalue weighted by atomic mass is 16.5. The Hall–Kier alpha value is -3.32. The number of nitrogens with zero attached hydrogens (tertiary/aromatic N) is 1. The van der Waals surface area contributed by atoms with Gasteiger partial charge in [-0.2, -0.15) is 0 Å². The maximum atomic E-state index is 13.2. The van der Waals surface area contributed by atoms with Crippen LogP contribution in [0.1, 0.15) is 114 Å². The smallest absolute Gasteiger partial charge is 0.186 e. The number of aliphatic hydroxyl groups excluding tert-OH is 2. The number of ether oxygens (including phenoxy) is 2. The van der Waals surface area contributed by atoms with Gasteiger partial charge in [0.2, 0.25) is 0 Å². The number of methoxy groups -OCH3 is 1.